The Labute approximate surface area is 109 Å². The summed E-state index contributed by atoms with van der Waals surface area (Å²) in [5.41, 5.74) is 4.03. The molecule has 0 saturated heterocycles. The number of aryl methyl sites for hydroxylation is 1. The Morgan fingerprint density at radius 2 is 2.22 bits per heavy atom. The van der Waals surface area contributed by atoms with Crippen molar-refractivity contribution in [2.24, 2.45) is 0 Å². The van der Waals surface area contributed by atoms with Crippen LogP contribution in [0.2, 0.25) is 0 Å². The second-order valence-corrected chi connectivity index (χ2v) is 5.33. The number of aromatic nitrogens is 4. The molecule has 0 amide bonds. The summed E-state index contributed by atoms with van der Waals surface area (Å²) in [7, 11) is 0. The molecular weight excluding hydrogens is 248 g/mol. The maximum atomic E-state index is 5.41. The lowest BCUT2D eigenvalue weighted by Gasteiger charge is -2.03. The molecule has 0 spiro atoms. The van der Waals surface area contributed by atoms with Gasteiger partial charge in [-0.1, -0.05) is 23.4 Å². The molecule has 1 aliphatic rings. The van der Waals surface area contributed by atoms with E-state index in [1.165, 1.54) is 16.7 Å². The first kappa shape index (κ1) is 11.7. The number of nitrogens with zero attached hydrogens (tertiary/aromatic N) is 3. The molecular formula is C12H14N4OS. The monoisotopic (exact) mass is 262 g/mol. The fraction of sp³-hybridized carbons (Fsp3) is 0.417. The molecule has 1 N–H and O–H groups in total. The van der Waals surface area contributed by atoms with Crippen molar-refractivity contribution in [2.75, 3.05) is 5.75 Å². The predicted molar refractivity (Wildman–Crippen MR) is 69.0 cm³/mol. The van der Waals surface area contributed by atoms with E-state index < -0.39 is 0 Å². The Hall–Kier alpha value is -1.40. The van der Waals surface area contributed by atoms with Crippen molar-refractivity contribution >= 4 is 11.8 Å². The second-order valence-electron chi connectivity index (χ2n) is 4.23. The van der Waals surface area contributed by atoms with Crippen LogP contribution in [0.25, 0.3) is 0 Å². The van der Waals surface area contributed by atoms with Crippen LogP contribution in [0.4, 0.5) is 0 Å². The van der Waals surface area contributed by atoms with Gasteiger partial charge in [0.1, 0.15) is 0 Å². The second kappa shape index (κ2) is 5.49. The summed E-state index contributed by atoms with van der Waals surface area (Å²) in [6, 6.07) is 6.62. The topological polar surface area (TPSA) is 63.7 Å². The molecule has 0 unspecified atom stereocenters. The van der Waals surface area contributed by atoms with Gasteiger partial charge in [-0.25, -0.2) is 0 Å². The number of thioether (sulfide) groups is 1. The molecule has 0 bridgehead atoms. The van der Waals surface area contributed by atoms with E-state index in [-0.39, 0.29) is 0 Å². The van der Waals surface area contributed by atoms with Crippen molar-refractivity contribution in [3.8, 4) is 0 Å². The van der Waals surface area contributed by atoms with Crippen LogP contribution in [-0.4, -0.2) is 26.4 Å². The molecule has 2 heterocycles. The fourth-order valence-electron chi connectivity index (χ4n) is 1.96. The summed E-state index contributed by atoms with van der Waals surface area (Å²) in [6.07, 6.45) is 0.856. The maximum Gasteiger partial charge on any atom is 0.175 e. The molecule has 2 aromatic rings. The van der Waals surface area contributed by atoms with Crippen LogP contribution >= 0.6 is 11.8 Å². The molecule has 0 radical (unpaired) electrons. The number of tetrazole rings is 1. The number of ether oxygens (including phenoxy) is 1. The van der Waals surface area contributed by atoms with E-state index in [1.54, 1.807) is 0 Å². The van der Waals surface area contributed by atoms with Crippen LogP contribution in [0.1, 0.15) is 22.5 Å². The normalized spacial score (nSPS) is 13.8. The average molecular weight is 262 g/mol. The van der Waals surface area contributed by atoms with Crippen LogP contribution in [0, 0.1) is 0 Å². The summed E-state index contributed by atoms with van der Waals surface area (Å²) in [4.78, 5) is 0. The highest BCUT2D eigenvalue weighted by Gasteiger charge is 2.10. The fourth-order valence-corrected chi connectivity index (χ4v) is 2.84. The zero-order valence-corrected chi connectivity index (χ0v) is 10.7. The van der Waals surface area contributed by atoms with Crippen LogP contribution in [-0.2, 0) is 30.1 Å². The van der Waals surface area contributed by atoms with E-state index in [4.69, 9.17) is 4.74 Å². The standard InChI is InChI=1S/C12H14N4OS/c1-2-10-6-17-7-11(10)5-9(1)8-18-4-3-12-13-15-16-14-12/h1-2,5H,3-4,6-8H2,(H,13,14,15,16). The van der Waals surface area contributed by atoms with Gasteiger partial charge in [0.25, 0.3) is 0 Å². The zero-order valence-electron chi connectivity index (χ0n) is 9.93. The predicted octanol–water partition coefficient (Wildman–Crippen LogP) is 1.71. The highest BCUT2D eigenvalue weighted by Crippen LogP contribution is 2.23. The van der Waals surface area contributed by atoms with Gasteiger partial charge in [0.15, 0.2) is 5.82 Å². The zero-order chi connectivity index (χ0) is 12.2. The van der Waals surface area contributed by atoms with E-state index >= 15 is 0 Å². The third-order valence-corrected chi connectivity index (χ3v) is 3.94. The molecule has 0 fully saturated rings. The molecule has 5 nitrogen and oxygen atoms in total. The molecule has 0 saturated carbocycles. The number of fused-ring (bicyclic) bond motifs is 1. The minimum atomic E-state index is 0.761. The van der Waals surface area contributed by atoms with Crippen molar-refractivity contribution in [3.05, 3.63) is 40.7 Å². The minimum Gasteiger partial charge on any atom is -0.372 e. The van der Waals surface area contributed by atoms with Gasteiger partial charge in [0, 0.05) is 17.9 Å². The highest BCUT2D eigenvalue weighted by atomic mass is 32.2. The Morgan fingerprint density at radius 3 is 3.11 bits per heavy atom. The highest BCUT2D eigenvalue weighted by molar-refractivity contribution is 7.98. The van der Waals surface area contributed by atoms with Gasteiger partial charge >= 0.3 is 0 Å². The van der Waals surface area contributed by atoms with Crippen molar-refractivity contribution in [1.29, 1.82) is 0 Å². The van der Waals surface area contributed by atoms with Gasteiger partial charge in [-0.2, -0.15) is 17.0 Å². The van der Waals surface area contributed by atoms with E-state index in [2.05, 4.69) is 38.8 Å². The van der Waals surface area contributed by atoms with Crippen LogP contribution in [0.3, 0.4) is 0 Å². The lowest BCUT2D eigenvalue weighted by molar-refractivity contribution is 0.134. The van der Waals surface area contributed by atoms with E-state index in [9.17, 15) is 0 Å². The quantitative estimate of drug-likeness (QED) is 0.831. The summed E-state index contributed by atoms with van der Waals surface area (Å²) in [6.45, 7) is 1.53. The van der Waals surface area contributed by atoms with E-state index in [0.717, 1.165) is 37.0 Å². The largest absolute Gasteiger partial charge is 0.372 e. The summed E-state index contributed by atoms with van der Waals surface area (Å²) in [5, 5.41) is 13.9. The first-order chi connectivity index (χ1) is 8.92. The molecule has 0 aliphatic carbocycles. The summed E-state index contributed by atoms with van der Waals surface area (Å²) in [5.74, 6) is 2.81. The van der Waals surface area contributed by atoms with Gasteiger partial charge < -0.3 is 4.74 Å². The van der Waals surface area contributed by atoms with Crippen molar-refractivity contribution in [1.82, 2.24) is 20.6 Å². The minimum absolute atomic E-state index is 0.761. The summed E-state index contributed by atoms with van der Waals surface area (Å²) < 4.78 is 5.41. The molecule has 94 valence electrons. The lowest BCUT2D eigenvalue weighted by Crippen LogP contribution is -1.93. The first-order valence-corrected chi connectivity index (χ1v) is 7.06. The molecule has 6 heteroatoms. The molecule has 3 rings (SSSR count). The van der Waals surface area contributed by atoms with Gasteiger partial charge in [-0.05, 0) is 16.7 Å². The molecule has 1 aromatic carbocycles. The number of hydrogen-bond donors (Lipinski definition) is 1. The van der Waals surface area contributed by atoms with Gasteiger partial charge in [0.2, 0.25) is 0 Å². The van der Waals surface area contributed by atoms with Crippen molar-refractivity contribution in [2.45, 2.75) is 25.4 Å². The Kier molecular flexibility index (Phi) is 3.56. The number of nitrogens with one attached hydrogen (secondary N) is 1. The number of benzene rings is 1. The van der Waals surface area contributed by atoms with Crippen LogP contribution < -0.4 is 0 Å². The average Bonchev–Trinajstić information content (AvgIpc) is 3.05. The number of aromatic amines is 1. The third-order valence-electron chi connectivity index (χ3n) is 2.91. The van der Waals surface area contributed by atoms with Gasteiger partial charge in [-0.3, -0.25) is 0 Å². The Morgan fingerprint density at radius 1 is 1.28 bits per heavy atom. The Bertz CT molecular complexity index is 515. The summed E-state index contributed by atoms with van der Waals surface area (Å²) >= 11 is 1.89. The van der Waals surface area contributed by atoms with E-state index in [0.29, 0.717) is 0 Å². The van der Waals surface area contributed by atoms with Crippen molar-refractivity contribution in [3.63, 3.8) is 0 Å². The SMILES string of the molecule is c1cc2c(cc1CSCCc1nn[nH]n1)COC2. The Balaban J connectivity index is 1.48. The van der Waals surface area contributed by atoms with Gasteiger partial charge in [0.05, 0.1) is 13.2 Å². The molecule has 1 aliphatic heterocycles. The van der Waals surface area contributed by atoms with Crippen LogP contribution in [0.5, 0.6) is 0 Å². The number of hydrogen-bond acceptors (Lipinski definition) is 5. The number of rotatable bonds is 5. The molecule has 0 atom stereocenters. The molecule has 1 aromatic heterocycles. The molecule has 18 heavy (non-hydrogen) atoms. The number of H-pyrrole nitrogens is 1. The van der Waals surface area contributed by atoms with Crippen LogP contribution in [0.15, 0.2) is 18.2 Å². The lowest BCUT2D eigenvalue weighted by atomic mass is 10.1. The van der Waals surface area contributed by atoms with E-state index in [1.807, 2.05) is 11.8 Å². The maximum absolute atomic E-state index is 5.41. The smallest absolute Gasteiger partial charge is 0.175 e. The third kappa shape index (κ3) is 2.70. The van der Waals surface area contributed by atoms with Crippen molar-refractivity contribution < 1.29 is 4.74 Å². The van der Waals surface area contributed by atoms with Gasteiger partial charge in [-0.15, -0.1) is 10.2 Å². The first-order valence-electron chi connectivity index (χ1n) is 5.90.